The molecule has 2 aromatic rings. The van der Waals surface area contributed by atoms with E-state index >= 15 is 0 Å². The highest BCUT2D eigenvalue weighted by atomic mass is 32.2. The van der Waals surface area contributed by atoms with Crippen LogP contribution in [0.2, 0.25) is 0 Å². The van der Waals surface area contributed by atoms with E-state index < -0.39 is 15.8 Å². The summed E-state index contributed by atoms with van der Waals surface area (Å²) in [4.78, 5) is 2.34. The number of halogens is 1. The van der Waals surface area contributed by atoms with Crippen molar-refractivity contribution >= 4 is 10.0 Å². The Morgan fingerprint density at radius 1 is 1.08 bits per heavy atom. The third-order valence-electron chi connectivity index (χ3n) is 4.36. The maximum absolute atomic E-state index is 13.0. The SMILES string of the molecule is CC(C)n1ccc(CN2CCN(S(=O)(=O)c3ccc(F)cc3)CC2)n1. The molecule has 0 spiro atoms. The third kappa shape index (κ3) is 4.08. The molecule has 6 nitrogen and oxygen atoms in total. The summed E-state index contributed by atoms with van der Waals surface area (Å²) in [5, 5.41) is 4.54. The number of hydrogen-bond donors (Lipinski definition) is 0. The number of sulfonamides is 1. The monoisotopic (exact) mass is 366 g/mol. The van der Waals surface area contributed by atoms with Gasteiger partial charge in [0.25, 0.3) is 0 Å². The van der Waals surface area contributed by atoms with Crippen LogP contribution in [-0.4, -0.2) is 53.6 Å². The number of nitrogens with zero attached hydrogens (tertiary/aromatic N) is 4. The predicted molar refractivity (Wildman–Crippen MR) is 93.0 cm³/mol. The van der Waals surface area contributed by atoms with Crippen molar-refractivity contribution in [2.24, 2.45) is 0 Å². The summed E-state index contributed by atoms with van der Waals surface area (Å²) in [6.45, 7) is 7.01. The summed E-state index contributed by atoms with van der Waals surface area (Å²) in [6, 6.07) is 7.31. The van der Waals surface area contributed by atoms with Gasteiger partial charge in [0, 0.05) is 45.0 Å². The first kappa shape index (κ1) is 18.0. The summed E-state index contributed by atoms with van der Waals surface area (Å²) < 4.78 is 41.6. The Kier molecular flexibility index (Phi) is 5.21. The van der Waals surface area contributed by atoms with E-state index in [0.717, 1.165) is 5.69 Å². The normalized spacial score (nSPS) is 17.3. The van der Waals surface area contributed by atoms with Crippen molar-refractivity contribution in [2.75, 3.05) is 26.2 Å². The lowest BCUT2D eigenvalue weighted by atomic mass is 10.3. The lowest BCUT2D eigenvalue weighted by Crippen LogP contribution is -2.48. The third-order valence-corrected chi connectivity index (χ3v) is 6.27. The number of benzene rings is 1. The first-order chi connectivity index (χ1) is 11.9. The van der Waals surface area contributed by atoms with Gasteiger partial charge in [-0.3, -0.25) is 9.58 Å². The lowest BCUT2D eigenvalue weighted by Gasteiger charge is -2.33. The number of rotatable bonds is 5. The molecule has 3 rings (SSSR count). The molecule has 136 valence electrons. The van der Waals surface area contributed by atoms with Crippen LogP contribution >= 0.6 is 0 Å². The van der Waals surface area contributed by atoms with Gasteiger partial charge in [-0.05, 0) is 44.2 Å². The van der Waals surface area contributed by atoms with Gasteiger partial charge in [-0.25, -0.2) is 12.8 Å². The highest BCUT2D eigenvalue weighted by Crippen LogP contribution is 2.18. The van der Waals surface area contributed by atoms with Crippen LogP contribution in [0.15, 0.2) is 41.4 Å². The molecule has 0 unspecified atom stereocenters. The molecule has 2 heterocycles. The van der Waals surface area contributed by atoms with E-state index in [1.165, 1.54) is 28.6 Å². The van der Waals surface area contributed by atoms with Crippen molar-refractivity contribution in [2.45, 2.75) is 31.3 Å². The van der Waals surface area contributed by atoms with Crippen LogP contribution in [0.1, 0.15) is 25.6 Å². The standard InChI is InChI=1S/C17H23FN4O2S/c1-14(2)22-8-7-16(19-22)13-20-9-11-21(12-10-20)25(23,24)17-5-3-15(18)4-6-17/h3-8,14H,9-13H2,1-2H3. The van der Waals surface area contributed by atoms with Gasteiger partial charge < -0.3 is 0 Å². The fraction of sp³-hybridized carbons (Fsp3) is 0.471. The number of piperazine rings is 1. The first-order valence-corrected chi connectivity index (χ1v) is 9.82. The van der Waals surface area contributed by atoms with Gasteiger partial charge >= 0.3 is 0 Å². The van der Waals surface area contributed by atoms with Crippen molar-refractivity contribution in [3.8, 4) is 0 Å². The molecular formula is C17H23FN4O2S. The Morgan fingerprint density at radius 2 is 1.72 bits per heavy atom. The molecular weight excluding hydrogens is 343 g/mol. The highest BCUT2D eigenvalue weighted by molar-refractivity contribution is 7.89. The van der Waals surface area contributed by atoms with E-state index in [1.807, 2.05) is 16.9 Å². The van der Waals surface area contributed by atoms with Crippen LogP contribution in [0.25, 0.3) is 0 Å². The Morgan fingerprint density at radius 3 is 2.28 bits per heavy atom. The van der Waals surface area contributed by atoms with Crippen LogP contribution < -0.4 is 0 Å². The minimum absolute atomic E-state index is 0.137. The second-order valence-electron chi connectivity index (χ2n) is 6.51. The summed E-state index contributed by atoms with van der Waals surface area (Å²) in [6.07, 6.45) is 1.97. The van der Waals surface area contributed by atoms with Crippen molar-refractivity contribution < 1.29 is 12.8 Å². The summed E-state index contributed by atoms with van der Waals surface area (Å²) in [7, 11) is -3.56. The zero-order valence-electron chi connectivity index (χ0n) is 14.5. The van der Waals surface area contributed by atoms with E-state index in [9.17, 15) is 12.8 Å². The van der Waals surface area contributed by atoms with Crippen LogP contribution in [0.5, 0.6) is 0 Å². The van der Waals surface area contributed by atoms with E-state index in [1.54, 1.807) is 0 Å². The summed E-state index contributed by atoms with van der Waals surface area (Å²) in [5.74, 6) is -0.440. The van der Waals surface area contributed by atoms with E-state index in [-0.39, 0.29) is 4.90 Å². The number of aromatic nitrogens is 2. The second-order valence-corrected chi connectivity index (χ2v) is 8.45. The molecule has 25 heavy (non-hydrogen) atoms. The Bertz CT molecular complexity index is 809. The van der Waals surface area contributed by atoms with Gasteiger partial charge in [-0.2, -0.15) is 9.40 Å². The number of hydrogen-bond acceptors (Lipinski definition) is 4. The molecule has 0 bridgehead atoms. The minimum Gasteiger partial charge on any atom is -0.295 e. The molecule has 1 aromatic heterocycles. The Hall–Kier alpha value is -1.77. The molecule has 1 saturated heterocycles. The molecule has 0 saturated carbocycles. The van der Waals surface area contributed by atoms with Crippen molar-refractivity contribution in [3.05, 3.63) is 48.0 Å². The molecule has 1 aliphatic rings. The lowest BCUT2D eigenvalue weighted by molar-refractivity contribution is 0.179. The van der Waals surface area contributed by atoms with E-state index in [0.29, 0.717) is 38.8 Å². The van der Waals surface area contributed by atoms with Crippen LogP contribution in [0, 0.1) is 5.82 Å². The smallest absolute Gasteiger partial charge is 0.243 e. The first-order valence-electron chi connectivity index (χ1n) is 8.38. The average molecular weight is 366 g/mol. The Labute approximate surface area is 147 Å². The quantitative estimate of drug-likeness (QED) is 0.813. The fourth-order valence-corrected chi connectivity index (χ4v) is 4.28. The predicted octanol–water partition coefficient (Wildman–Crippen LogP) is 2.11. The average Bonchev–Trinajstić information content (AvgIpc) is 3.04. The Balaban J connectivity index is 1.60. The molecule has 0 radical (unpaired) electrons. The molecule has 1 aliphatic heterocycles. The molecule has 8 heteroatoms. The molecule has 0 aliphatic carbocycles. The van der Waals surface area contributed by atoms with Gasteiger partial charge in [0.2, 0.25) is 10.0 Å². The maximum Gasteiger partial charge on any atom is 0.243 e. The second kappa shape index (κ2) is 7.23. The summed E-state index contributed by atoms with van der Waals surface area (Å²) >= 11 is 0. The molecule has 0 N–H and O–H groups in total. The topological polar surface area (TPSA) is 58.4 Å². The largest absolute Gasteiger partial charge is 0.295 e. The molecule has 1 fully saturated rings. The van der Waals surface area contributed by atoms with Crippen LogP contribution in [0.3, 0.4) is 0 Å². The van der Waals surface area contributed by atoms with Crippen molar-refractivity contribution in [3.63, 3.8) is 0 Å². The van der Waals surface area contributed by atoms with Crippen molar-refractivity contribution in [1.82, 2.24) is 19.0 Å². The zero-order chi connectivity index (χ0) is 18.0. The molecule has 1 aromatic carbocycles. The maximum atomic E-state index is 13.0. The van der Waals surface area contributed by atoms with Gasteiger partial charge in [0.05, 0.1) is 10.6 Å². The van der Waals surface area contributed by atoms with Gasteiger partial charge in [-0.1, -0.05) is 0 Å². The van der Waals surface area contributed by atoms with Gasteiger partial charge in [0.1, 0.15) is 5.82 Å². The summed E-state index contributed by atoms with van der Waals surface area (Å²) in [5.41, 5.74) is 0.989. The minimum atomic E-state index is -3.56. The van der Waals surface area contributed by atoms with E-state index in [4.69, 9.17) is 0 Å². The van der Waals surface area contributed by atoms with Crippen molar-refractivity contribution in [1.29, 1.82) is 0 Å². The van der Waals surface area contributed by atoms with Crippen LogP contribution in [-0.2, 0) is 16.6 Å². The highest BCUT2D eigenvalue weighted by Gasteiger charge is 2.28. The fourth-order valence-electron chi connectivity index (χ4n) is 2.86. The molecule has 0 atom stereocenters. The van der Waals surface area contributed by atoms with Crippen LogP contribution in [0.4, 0.5) is 4.39 Å². The van der Waals surface area contributed by atoms with Gasteiger partial charge in [-0.15, -0.1) is 0 Å². The molecule has 0 amide bonds. The zero-order valence-corrected chi connectivity index (χ0v) is 15.3. The van der Waals surface area contributed by atoms with Gasteiger partial charge in [0.15, 0.2) is 0 Å². The van der Waals surface area contributed by atoms with E-state index in [2.05, 4.69) is 23.8 Å².